The van der Waals surface area contributed by atoms with Gasteiger partial charge in [0.1, 0.15) is 5.52 Å². The van der Waals surface area contributed by atoms with Crippen molar-refractivity contribution < 1.29 is 27.8 Å². The van der Waals surface area contributed by atoms with Crippen LogP contribution in [0.4, 0.5) is 13.2 Å². The van der Waals surface area contributed by atoms with Crippen molar-refractivity contribution in [3.63, 3.8) is 0 Å². The Bertz CT molecular complexity index is 1080. The van der Waals surface area contributed by atoms with E-state index in [4.69, 9.17) is 4.74 Å². The van der Waals surface area contributed by atoms with Crippen LogP contribution < -0.4 is 0 Å². The lowest BCUT2D eigenvalue weighted by molar-refractivity contribution is -0.143. The number of carbonyl (C=O) groups is 1. The van der Waals surface area contributed by atoms with Gasteiger partial charge in [-0.3, -0.25) is 4.79 Å². The third-order valence-electron chi connectivity index (χ3n) is 5.14. The summed E-state index contributed by atoms with van der Waals surface area (Å²) in [5, 5.41) is 17.7. The molecule has 3 aromatic rings. The van der Waals surface area contributed by atoms with Gasteiger partial charge in [-0.2, -0.15) is 13.2 Å². The lowest BCUT2D eigenvalue weighted by Crippen LogP contribution is -2.15. The zero-order valence-electron chi connectivity index (χ0n) is 16.8. The lowest BCUT2D eigenvalue weighted by Gasteiger charge is -2.21. The fourth-order valence-corrected chi connectivity index (χ4v) is 3.66. The van der Waals surface area contributed by atoms with Crippen molar-refractivity contribution >= 4 is 17.0 Å². The average Bonchev–Trinajstić information content (AvgIpc) is 3.07. The molecule has 9 heteroatoms. The second-order valence-electron chi connectivity index (χ2n) is 6.99. The van der Waals surface area contributed by atoms with Gasteiger partial charge in [0.25, 0.3) is 0 Å². The Morgan fingerprint density at radius 1 is 1.27 bits per heavy atom. The van der Waals surface area contributed by atoms with Crippen LogP contribution in [0.3, 0.4) is 0 Å². The first-order valence-corrected chi connectivity index (χ1v) is 9.42. The van der Waals surface area contributed by atoms with Crippen LogP contribution in [-0.4, -0.2) is 32.7 Å². The molecule has 0 saturated carbocycles. The molecule has 0 spiro atoms. The van der Waals surface area contributed by atoms with E-state index < -0.39 is 30.2 Å². The number of hydrogen-bond donors (Lipinski definition) is 1. The summed E-state index contributed by atoms with van der Waals surface area (Å²) in [5.41, 5.74) is 2.30. The van der Waals surface area contributed by atoms with Crippen molar-refractivity contribution in [3.8, 4) is 0 Å². The van der Waals surface area contributed by atoms with Gasteiger partial charge in [0.2, 0.25) is 0 Å². The van der Waals surface area contributed by atoms with Gasteiger partial charge in [0.15, 0.2) is 0 Å². The molecule has 1 unspecified atom stereocenters. The Hall–Kier alpha value is -2.94. The molecule has 0 fully saturated rings. The number of aliphatic hydroxyl groups excluding tert-OH is 1. The minimum absolute atomic E-state index is 0.0588. The maximum atomic E-state index is 13.2. The van der Waals surface area contributed by atoms with Gasteiger partial charge in [0.05, 0.1) is 30.7 Å². The summed E-state index contributed by atoms with van der Waals surface area (Å²) < 4.78 is 46.4. The predicted octanol–water partition coefficient (Wildman–Crippen LogP) is 3.87. The molecule has 2 aromatic carbocycles. The molecule has 0 saturated heterocycles. The molecule has 0 aliphatic carbocycles. The molecule has 0 aliphatic rings. The molecule has 6 nitrogen and oxygen atoms in total. The number of rotatable bonds is 6. The molecule has 1 atom stereocenters. The lowest BCUT2D eigenvalue weighted by atomic mass is 9.84. The molecule has 0 amide bonds. The van der Waals surface area contributed by atoms with Gasteiger partial charge in [-0.15, -0.1) is 5.10 Å². The minimum atomic E-state index is -4.58. The zero-order valence-corrected chi connectivity index (χ0v) is 16.8. The Morgan fingerprint density at radius 2 is 2.00 bits per heavy atom. The van der Waals surface area contributed by atoms with E-state index in [1.807, 2.05) is 19.1 Å². The van der Waals surface area contributed by atoms with Crippen molar-refractivity contribution in [3.05, 3.63) is 58.1 Å². The SMILES string of the molecule is CCOC(=O)CC(c1ccc(C(F)(F)F)c(CO)c1)c1ccc2c(nnn2C)c1C. The summed E-state index contributed by atoms with van der Waals surface area (Å²) in [7, 11) is 1.76. The quantitative estimate of drug-likeness (QED) is 0.612. The van der Waals surface area contributed by atoms with Crippen LogP contribution in [0, 0.1) is 6.92 Å². The second-order valence-corrected chi connectivity index (χ2v) is 6.99. The fourth-order valence-electron chi connectivity index (χ4n) is 3.66. The number of alkyl halides is 3. The highest BCUT2D eigenvalue weighted by molar-refractivity contribution is 5.80. The summed E-state index contributed by atoms with van der Waals surface area (Å²) in [6.07, 6.45) is -4.64. The molecule has 160 valence electrons. The van der Waals surface area contributed by atoms with Crippen molar-refractivity contribution in [1.29, 1.82) is 0 Å². The normalized spacial score (nSPS) is 12.9. The number of benzene rings is 2. The first kappa shape index (κ1) is 21.8. The largest absolute Gasteiger partial charge is 0.466 e. The van der Waals surface area contributed by atoms with E-state index in [-0.39, 0.29) is 18.6 Å². The number of ether oxygens (including phenoxy) is 1. The molecule has 1 heterocycles. The van der Waals surface area contributed by atoms with Gasteiger partial charge >= 0.3 is 12.1 Å². The van der Waals surface area contributed by atoms with E-state index >= 15 is 0 Å². The van der Waals surface area contributed by atoms with E-state index in [1.165, 1.54) is 12.1 Å². The van der Waals surface area contributed by atoms with E-state index in [2.05, 4.69) is 10.3 Å². The van der Waals surface area contributed by atoms with Crippen LogP contribution in [0.15, 0.2) is 30.3 Å². The van der Waals surface area contributed by atoms with Crippen molar-refractivity contribution in [1.82, 2.24) is 15.0 Å². The van der Waals surface area contributed by atoms with Crippen molar-refractivity contribution in [2.45, 2.75) is 39.0 Å². The number of carbonyl (C=O) groups excluding carboxylic acids is 1. The number of aromatic nitrogens is 3. The van der Waals surface area contributed by atoms with Crippen LogP contribution in [0.25, 0.3) is 11.0 Å². The molecule has 0 bridgehead atoms. The van der Waals surface area contributed by atoms with Gasteiger partial charge in [-0.1, -0.05) is 23.4 Å². The third-order valence-corrected chi connectivity index (χ3v) is 5.14. The monoisotopic (exact) mass is 421 g/mol. The first-order valence-electron chi connectivity index (χ1n) is 9.42. The molecule has 1 N–H and O–H groups in total. The number of aliphatic hydroxyl groups is 1. The summed E-state index contributed by atoms with van der Waals surface area (Å²) >= 11 is 0. The highest BCUT2D eigenvalue weighted by atomic mass is 19.4. The maximum absolute atomic E-state index is 13.2. The third kappa shape index (κ3) is 4.16. The standard InChI is InChI=1S/C21H22F3N3O3/c1-4-30-19(29)10-16(13-5-7-17(21(22,23)24)14(9-13)11-28)15-6-8-18-20(12(15)2)25-26-27(18)3/h5-9,16,28H,4,10-11H2,1-3H3. The smallest absolute Gasteiger partial charge is 0.416 e. The molecule has 3 rings (SSSR count). The summed E-state index contributed by atoms with van der Waals surface area (Å²) in [5.74, 6) is -1.03. The van der Waals surface area contributed by atoms with Crippen LogP contribution >= 0.6 is 0 Å². The topological polar surface area (TPSA) is 77.2 Å². The summed E-state index contributed by atoms with van der Waals surface area (Å²) in [4.78, 5) is 12.3. The Labute approximate surface area is 171 Å². The second kappa shape index (κ2) is 8.43. The zero-order chi connectivity index (χ0) is 22.1. The van der Waals surface area contributed by atoms with Gasteiger partial charge in [-0.25, -0.2) is 4.68 Å². The molecule has 1 aromatic heterocycles. The fraction of sp³-hybridized carbons (Fsp3) is 0.381. The Kier molecular flexibility index (Phi) is 6.12. The van der Waals surface area contributed by atoms with Gasteiger partial charge < -0.3 is 9.84 Å². The number of fused-ring (bicyclic) bond motifs is 1. The molecular formula is C21H22F3N3O3. The highest BCUT2D eigenvalue weighted by Crippen LogP contribution is 2.37. The van der Waals surface area contributed by atoms with Gasteiger partial charge in [-0.05, 0) is 48.2 Å². The number of nitrogens with zero attached hydrogens (tertiary/aromatic N) is 3. The Balaban J connectivity index is 2.14. The number of esters is 1. The van der Waals surface area contributed by atoms with Crippen LogP contribution in [0.5, 0.6) is 0 Å². The minimum Gasteiger partial charge on any atom is -0.466 e. The summed E-state index contributed by atoms with van der Waals surface area (Å²) in [6, 6.07) is 7.21. The van der Waals surface area contributed by atoms with E-state index in [0.717, 1.165) is 22.7 Å². The van der Waals surface area contributed by atoms with Crippen molar-refractivity contribution in [2.75, 3.05) is 6.61 Å². The molecule has 0 aliphatic heterocycles. The predicted molar refractivity (Wildman–Crippen MR) is 104 cm³/mol. The number of halogens is 3. The average molecular weight is 421 g/mol. The molecule has 30 heavy (non-hydrogen) atoms. The van der Waals surface area contributed by atoms with Gasteiger partial charge in [0, 0.05) is 13.0 Å². The van der Waals surface area contributed by atoms with Crippen LogP contribution in [-0.2, 0) is 29.4 Å². The molecular weight excluding hydrogens is 399 g/mol. The van der Waals surface area contributed by atoms with Crippen LogP contribution in [0.2, 0.25) is 0 Å². The van der Waals surface area contributed by atoms with Crippen LogP contribution in [0.1, 0.15) is 47.1 Å². The van der Waals surface area contributed by atoms with E-state index in [9.17, 15) is 23.1 Å². The number of hydrogen-bond acceptors (Lipinski definition) is 5. The number of aryl methyl sites for hydroxylation is 2. The van der Waals surface area contributed by atoms with Crippen molar-refractivity contribution in [2.24, 2.45) is 7.05 Å². The van der Waals surface area contributed by atoms with E-state index in [0.29, 0.717) is 11.1 Å². The highest BCUT2D eigenvalue weighted by Gasteiger charge is 2.34. The van der Waals surface area contributed by atoms with E-state index in [1.54, 1.807) is 18.7 Å². The molecule has 0 radical (unpaired) electrons. The Morgan fingerprint density at radius 3 is 2.63 bits per heavy atom. The maximum Gasteiger partial charge on any atom is 0.416 e. The first-order chi connectivity index (χ1) is 14.2. The summed E-state index contributed by atoms with van der Waals surface area (Å²) in [6.45, 7) is 2.95.